The van der Waals surface area contributed by atoms with Crippen molar-refractivity contribution in [3.63, 3.8) is 0 Å². The number of nitrogens with one attached hydrogen (secondary N) is 1. The fourth-order valence-corrected chi connectivity index (χ4v) is 2.86. The van der Waals surface area contributed by atoms with Crippen molar-refractivity contribution in [2.24, 2.45) is 17.6 Å². The van der Waals surface area contributed by atoms with Gasteiger partial charge in [-0.15, -0.1) is 0 Å². The van der Waals surface area contributed by atoms with Crippen molar-refractivity contribution in [3.8, 4) is 0 Å². The number of rotatable bonds is 5. The van der Waals surface area contributed by atoms with E-state index in [0.717, 1.165) is 25.3 Å². The molecule has 1 aromatic carbocycles. The zero-order valence-electron chi connectivity index (χ0n) is 11.4. The molecule has 0 aromatic heterocycles. The average molecular weight is 282 g/mol. The normalized spacial score (nSPS) is 21.9. The lowest BCUT2D eigenvalue weighted by molar-refractivity contribution is -0.125. The second-order valence-corrected chi connectivity index (χ2v) is 5.29. The molecule has 0 saturated heterocycles. The van der Waals surface area contributed by atoms with Gasteiger partial charge in [0, 0.05) is 12.5 Å². The molecule has 1 aliphatic rings. The largest absolute Gasteiger partial charge is 0.356 e. The van der Waals surface area contributed by atoms with Crippen LogP contribution in [-0.2, 0) is 11.2 Å². The van der Waals surface area contributed by atoms with Crippen LogP contribution in [0.2, 0.25) is 0 Å². The molecule has 20 heavy (non-hydrogen) atoms. The number of amides is 1. The highest BCUT2D eigenvalue weighted by Crippen LogP contribution is 2.30. The molecule has 0 spiro atoms. The monoisotopic (exact) mass is 282 g/mol. The van der Waals surface area contributed by atoms with Crippen molar-refractivity contribution < 1.29 is 13.6 Å². The van der Waals surface area contributed by atoms with Gasteiger partial charge in [-0.3, -0.25) is 4.79 Å². The van der Waals surface area contributed by atoms with E-state index < -0.39 is 11.6 Å². The Balaban J connectivity index is 1.84. The van der Waals surface area contributed by atoms with Gasteiger partial charge in [0.05, 0.1) is 0 Å². The number of carbonyl (C=O) groups is 1. The first kappa shape index (κ1) is 14.9. The summed E-state index contributed by atoms with van der Waals surface area (Å²) < 4.78 is 26.5. The second kappa shape index (κ2) is 6.79. The fraction of sp³-hybridized carbons (Fsp3) is 0.533. The van der Waals surface area contributed by atoms with Gasteiger partial charge in [0.2, 0.25) is 5.91 Å². The number of halogens is 2. The quantitative estimate of drug-likeness (QED) is 0.868. The van der Waals surface area contributed by atoms with Gasteiger partial charge in [-0.05, 0) is 43.4 Å². The third-order valence-corrected chi connectivity index (χ3v) is 4.02. The maximum absolute atomic E-state index is 13.4. The molecule has 3 nitrogen and oxygen atoms in total. The van der Waals surface area contributed by atoms with Crippen molar-refractivity contribution in [3.05, 3.63) is 35.4 Å². The van der Waals surface area contributed by atoms with E-state index in [1.807, 2.05) is 0 Å². The highest BCUT2D eigenvalue weighted by molar-refractivity contribution is 5.79. The molecule has 1 fully saturated rings. The maximum atomic E-state index is 13.4. The molecule has 0 bridgehead atoms. The Labute approximate surface area is 117 Å². The highest BCUT2D eigenvalue weighted by Gasteiger charge is 2.31. The summed E-state index contributed by atoms with van der Waals surface area (Å²) in [5, 5.41) is 2.80. The molecule has 0 radical (unpaired) electrons. The SMILES string of the molecule is NC[C@H]1CCC[C@H]1C(=O)NCCc1cccc(F)c1F. The van der Waals surface area contributed by atoms with Crippen LogP contribution in [0, 0.1) is 23.5 Å². The van der Waals surface area contributed by atoms with Crippen LogP contribution in [0.25, 0.3) is 0 Å². The van der Waals surface area contributed by atoms with Crippen LogP contribution in [0.4, 0.5) is 8.78 Å². The number of carbonyl (C=O) groups excluding carboxylic acids is 1. The molecule has 0 heterocycles. The Morgan fingerprint density at radius 3 is 2.90 bits per heavy atom. The topological polar surface area (TPSA) is 55.1 Å². The Hall–Kier alpha value is -1.49. The number of hydrogen-bond acceptors (Lipinski definition) is 2. The van der Waals surface area contributed by atoms with Gasteiger partial charge in [-0.2, -0.15) is 0 Å². The van der Waals surface area contributed by atoms with Gasteiger partial charge in [0.1, 0.15) is 0 Å². The summed E-state index contributed by atoms with van der Waals surface area (Å²) >= 11 is 0. The smallest absolute Gasteiger partial charge is 0.223 e. The van der Waals surface area contributed by atoms with Crippen LogP contribution < -0.4 is 11.1 Å². The summed E-state index contributed by atoms with van der Waals surface area (Å²) in [6.07, 6.45) is 3.17. The van der Waals surface area contributed by atoms with E-state index in [4.69, 9.17) is 5.73 Å². The Bertz CT molecular complexity index is 479. The molecule has 1 amide bonds. The number of benzene rings is 1. The third kappa shape index (κ3) is 3.33. The predicted molar refractivity (Wildman–Crippen MR) is 73.0 cm³/mol. The van der Waals surface area contributed by atoms with E-state index in [1.54, 1.807) is 0 Å². The lowest BCUT2D eigenvalue weighted by Gasteiger charge is -2.17. The predicted octanol–water partition coefficient (Wildman–Crippen LogP) is 2.00. The molecule has 5 heteroatoms. The fourth-order valence-electron chi connectivity index (χ4n) is 2.86. The summed E-state index contributed by atoms with van der Waals surface area (Å²) in [5.74, 6) is -1.48. The molecular weight excluding hydrogens is 262 g/mol. The summed E-state index contributed by atoms with van der Waals surface area (Å²) in [7, 11) is 0. The van der Waals surface area contributed by atoms with Crippen LogP contribution in [0.5, 0.6) is 0 Å². The standard InChI is InChI=1S/C15H20F2N2O/c16-13-6-2-3-10(14(13)17)7-8-19-15(20)12-5-1-4-11(12)9-18/h2-3,6,11-12H,1,4-5,7-9,18H2,(H,19,20)/t11-,12-/m1/s1. The Morgan fingerprint density at radius 2 is 2.15 bits per heavy atom. The third-order valence-electron chi connectivity index (χ3n) is 4.02. The first-order valence-corrected chi connectivity index (χ1v) is 7.04. The van der Waals surface area contributed by atoms with Gasteiger partial charge in [-0.25, -0.2) is 8.78 Å². The van der Waals surface area contributed by atoms with Gasteiger partial charge in [-0.1, -0.05) is 18.6 Å². The molecular formula is C15H20F2N2O. The van der Waals surface area contributed by atoms with Crippen molar-refractivity contribution in [1.82, 2.24) is 5.32 Å². The Morgan fingerprint density at radius 1 is 1.35 bits per heavy atom. The second-order valence-electron chi connectivity index (χ2n) is 5.29. The molecule has 1 saturated carbocycles. The molecule has 0 aliphatic heterocycles. The van der Waals surface area contributed by atoms with Crippen molar-refractivity contribution in [1.29, 1.82) is 0 Å². The van der Waals surface area contributed by atoms with E-state index in [9.17, 15) is 13.6 Å². The summed E-state index contributed by atoms with van der Waals surface area (Å²) in [4.78, 5) is 12.0. The molecule has 0 unspecified atom stereocenters. The molecule has 110 valence electrons. The van der Waals surface area contributed by atoms with Crippen LogP contribution in [0.1, 0.15) is 24.8 Å². The minimum atomic E-state index is -0.854. The lowest BCUT2D eigenvalue weighted by atomic mass is 9.95. The van der Waals surface area contributed by atoms with Gasteiger partial charge < -0.3 is 11.1 Å². The van der Waals surface area contributed by atoms with E-state index in [1.165, 1.54) is 12.1 Å². The van der Waals surface area contributed by atoms with E-state index in [-0.39, 0.29) is 29.7 Å². The minimum Gasteiger partial charge on any atom is -0.356 e. The highest BCUT2D eigenvalue weighted by atomic mass is 19.2. The molecule has 1 aliphatic carbocycles. The summed E-state index contributed by atoms with van der Waals surface area (Å²) in [5.41, 5.74) is 5.93. The van der Waals surface area contributed by atoms with Crippen molar-refractivity contribution in [2.45, 2.75) is 25.7 Å². The first-order valence-electron chi connectivity index (χ1n) is 7.04. The Kier molecular flexibility index (Phi) is 5.06. The van der Waals surface area contributed by atoms with Crippen LogP contribution in [0.15, 0.2) is 18.2 Å². The van der Waals surface area contributed by atoms with E-state index in [2.05, 4.69) is 5.32 Å². The average Bonchev–Trinajstić information content (AvgIpc) is 2.92. The van der Waals surface area contributed by atoms with E-state index in [0.29, 0.717) is 13.1 Å². The molecule has 1 aromatic rings. The zero-order chi connectivity index (χ0) is 14.5. The number of nitrogens with two attached hydrogens (primary N) is 1. The van der Waals surface area contributed by atoms with Gasteiger partial charge in [0.25, 0.3) is 0 Å². The van der Waals surface area contributed by atoms with E-state index >= 15 is 0 Å². The number of hydrogen-bond donors (Lipinski definition) is 2. The van der Waals surface area contributed by atoms with Crippen LogP contribution >= 0.6 is 0 Å². The first-order chi connectivity index (χ1) is 9.63. The molecule has 2 atom stereocenters. The van der Waals surface area contributed by atoms with Gasteiger partial charge >= 0.3 is 0 Å². The lowest BCUT2D eigenvalue weighted by Crippen LogP contribution is -2.36. The zero-order valence-corrected chi connectivity index (χ0v) is 11.4. The van der Waals surface area contributed by atoms with Gasteiger partial charge in [0.15, 0.2) is 11.6 Å². The molecule has 2 rings (SSSR count). The van der Waals surface area contributed by atoms with Crippen molar-refractivity contribution in [2.75, 3.05) is 13.1 Å². The molecule has 3 N–H and O–H groups in total. The summed E-state index contributed by atoms with van der Waals surface area (Å²) in [6, 6.07) is 4.08. The maximum Gasteiger partial charge on any atom is 0.223 e. The summed E-state index contributed by atoms with van der Waals surface area (Å²) in [6.45, 7) is 0.837. The van der Waals surface area contributed by atoms with Crippen LogP contribution in [0.3, 0.4) is 0 Å². The van der Waals surface area contributed by atoms with Crippen molar-refractivity contribution >= 4 is 5.91 Å². The minimum absolute atomic E-state index is 0.0187. The van der Waals surface area contributed by atoms with Crippen LogP contribution in [-0.4, -0.2) is 19.0 Å².